The zero-order valence-corrected chi connectivity index (χ0v) is 10.2. The quantitative estimate of drug-likeness (QED) is 0.820. The molecule has 0 fully saturated rings. The van der Waals surface area contributed by atoms with Gasteiger partial charge < -0.3 is 10.7 Å². The summed E-state index contributed by atoms with van der Waals surface area (Å²) in [5.41, 5.74) is 8.13. The average molecular weight is 267 g/mol. The van der Waals surface area contributed by atoms with Crippen LogP contribution < -0.4 is 5.73 Å². The summed E-state index contributed by atoms with van der Waals surface area (Å²) in [5.74, 6) is 0. The molecule has 2 aromatic rings. The fourth-order valence-corrected chi connectivity index (χ4v) is 2.30. The summed E-state index contributed by atoms with van der Waals surface area (Å²) in [6.07, 6.45) is 5.35. The molecule has 2 rings (SSSR count). The van der Waals surface area contributed by atoms with E-state index >= 15 is 0 Å². The second-order valence-corrected chi connectivity index (χ2v) is 4.58. The molecule has 0 aliphatic rings. The largest absolute Gasteiger partial charge is 0.360 e. The summed E-state index contributed by atoms with van der Waals surface area (Å²) < 4.78 is 1.14. The molecular weight excluding hydrogens is 252 g/mol. The van der Waals surface area contributed by atoms with Crippen LogP contribution in [0.5, 0.6) is 0 Å². The van der Waals surface area contributed by atoms with Crippen LogP contribution in [0.15, 0.2) is 28.9 Å². The van der Waals surface area contributed by atoms with Crippen LogP contribution >= 0.6 is 15.9 Å². The monoisotopic (exact) mass is 266 g/mol. The number of aryl methyl sites for hydroxylation is 1. The Labute approximate surface area is 98.0 Å². The molecule has 3 N–H and O–H groups in total. The molecule has 0 bridgehead atoms. The van der Waals surface area contributed by atoms with E-state index in [2.05, 4.69) is 39.1 Å². The molecule has 2 nitrogen and oxygen atoms in total. The molecule has 0 radical (unpaired) electrons. The second kappa shape index (κ2) is 4.81. The maximum atomic E-state index is 5.49. The van der Waals surface area contributed by atoms with E-state index in [1.54, 1.807) is 0 Å². The molecule has 0 amide bonds. The number of hydrogen-bond donors (Lipinski definition) is 2. The summed E-state index contributed by atoms with van der Waals surface area (Å²) in [6, 6.07) is 6.42. The molecule has 0 saturated carbocycles. The minimum absolute atomic E-state index is 0.782. The lowest BCUT2D eigenvalue weighted by atomic mass is 10.1. The first-order valence-electron chi connectivity index (χ1n) is 5.27. The molecular formula is C12H15BrN2. The van der Waals surface area contributed by atoms with E-state index < -0.39 is 0 Å². The van der Waals surface area contributed by atoms with Crippen LogP contribution in [0.25, 0.3) is 10.9 Å². The number of halogens is 1. The molecule has 0 saturated heterocycles. The molecule has 0 aliphatic heterocycles. The van der Waals surface area contributed by atoms with Gasteiger partial charge in [-0.05, 0) is 47.3 Å². The Morgan fingerprint density at radius 1 is 1.27 bits per heavy atom. The summed E-state index contributed by atoms with van der Waals surface area (Å²) >= 11 is 3.53. The molecule has 0 unspecified atom stereocenters. The van der Waals surface area contributed by atoms with Crippen molar-refractivity contribution in [2.45, 2.75) is 19.3 Å². The Balaban J connectivity index is 2.26. The molecule has 0 atom stereocenters. The fourth-order valence-electron chi connectivity index (χ4n) is 1.85. The van der Waals surface area contributed by atoms with E-state index in [0.29, 0.717) is 0 Å². The lowest BCUT2D eigenvalue weighted by molar-refractivity contribution is 0.747. The van der Waals surface area contributed by atoms with E-state index in [1.165, 1.54) is 16.5 Å². The van der Waals surface area contributed by atoms with Crippen LogP contribution in [-0.2, 0) is 6.42 Å². The maximum absolute atomic E-state index is 5.49. The van der Waals surface area contributed by atoms with Gasteiger partial charge in [-0.15, -0.1) is 0 Å². The Bertz CT molecular complexity index is 448. The molecule has 1 aromatic heterocycles. The number of aromatic amines is 1. The first kappa shape index (κ1) is 10.7. The zero-order valence-electron chi connectivity index (χ0n) is 8.59. The minimum Gasteiger partial charge on any atom is -0.360 e. The summed E-state index contributed by atoms with van der Waals surface area (Å²) in [6.45, 7) is 0.782. The van der Waals surface area contributed by atoms with Crippen molar-refractivity contribution in [2.24, 2.45) is 5.73 Å². The molecule has 15 heavy (non-hydrogen) atoms. The smallest absolute Gasteiger partial charge is 0.0498 e. The number of hydrogen-bond acceptors (Lipinski definition) is 1. The van der Waals surface area contributed by atoms with Gasteiger partial charge in [-0.2, -0.15) is 0 Å². The number of para-hydroxylation sites is 1. The third-order valence-electron chi connectivity index (χ3n) is 2.65. The SMILES string of the molecule is NCCCCc1cccc2c(Br)c[nH]c12. The number of aromatic nitrogens is 1. The van der Waals surface area contributed by atoms with Gasteiger partial charge in [0.2, 0.25) is 0 Å². The van der Waals surface area contributed by atoms with Crippen molar-refractivity contribution >= 4 is 26.8 Å². The number of nitrogens with one attached hydrogen (secondary N) is 1. The predicted molar refractivity (Wildman–Crippen MR) is 68.0 cm³/mol. The maximum Gasteiger partial charge on any atom is 0.0498 e. The van der Waals surface area contributed by atoms with Gasteiger partial charge in [0.05, 0.1) is 0 Å². The molecule has 80 valence electrons. The Morgan fingerprint density at radius 3 is 2.93 bits per heavy atom. The molecule has 1 aromatic carbocycles. The van der Waals surface area contributed by atoms with Gasteiger partial charge in [0.25, 0.3) is 0 Å². The number of benzene rings is 1. The molecule has 3 heteroatoms. The van der Waals surface area contributed by atoms with E-state index in [4.69, 9.17) is 5.73 Å². The number of fused-ring (bicyclic) bond motifs is 1. The first-order valence-corrected chi connectivity index (χ1v) is 6.07. The summed E-state index contributed by atoms with van der Waals surface area (Å²) in [4.78, 5) is 3.31. The number of rotatable bonds is 4. The molecule has 1 heterocycles. The van der Waals surface area contributed by atoms with Crippen LogP contribution in [-0.4, -0.2) is 11.5 Å². The number of unbranched alkanes of at least 4 members (excludes halogenated alkanes) is 1. The van der Waals surface area contributed by atoms with Crippen LogP contribution in [0, 0.1) is 0 Å². The highest BCUT2D eigenvalue weighted by molar-refractivity contribution is 9.10. The van der Waals surface area contributed by atoms with Crippen molar-refractivity contribution in [2.75, 3.05) is 6.54 Å². The summed E-state index contributed by atoms with van der Waals surface area (Å²) in [7, 11) is 0. The van der Waals surface area contributed by atoms with Gasteiger partial charge >= 0.3 is 0 Å². The van der Waals surface area contributed by atoms with E-state index in [0.717, 1.165) is 30.3 Å². The second-order valence-electron chi connectivity index (χ2n) is 3.72. The van der Waals surface area contributed by atoms with Crippen molar-refractivity contribution in [3.05, 3.63) is 34.4 Å². The van der Waals surface area contributed by atoms with Crippen LogP contribution in [0.2, 0.25) is 0 Å². The third-order valence-corrected chi connectivity index (χ3v) is 3.31. The van der Waals surface area contributed by atoms with E-state index in [-0.39, 0.29) is 0 Å². The van der Waals surface area contributed by atoms with Crippen LogP contribution in [0.1, 0.15) is 18.4 Å². The lowest BCUT2D eigenvalue weighted by Crippen LogP contribution is -1.99. The average Bonchev–Trinajstić information content (AvgIpc) is 2.62. The van der Waals surface area contributed by atoms with E-state index in [9.17, 15) is 0 Å². The highest BCUT2D eigenvalue weighted by Gasteiger charge is 2.04. The lowest BCUT2D eigenvalue weighted by Gasteiger charge is -2.02. The first-order chi connectivity index (χ1) is 7.33. The predicted octanol–water partition coefficient (Wildman–Crippen LogP) is 3.21. The highest BCUT2D eigenvalue weighted by Crippen LogP contribution is 2.26. The topological polar surface area (TPSA) is 41.8 Å². The van der Waals surface area contributed by atoms with Gasteiger partial charge in [0.1, 0.15) is 0 Å². The van der Waals surface area contributed by atoms with Gasteiger partial charge in [-0.3, -0.25) is 0 Å². The zero-order chi connectivity index (χ0) is 10.7. The third kappa shape index (κ3) is 2.24. The Kier molecular flexibility index (Phi) is 3.44. The van der Waals surface area contributed by atoms with Gasteiger partial charge in [-0.1, -0.05) is 18.2 Å². The van der Waals surface area contributed by atoms with Gasteiger partial charge in [0.15, 0.2) is 0 Å². The van der Waals surface area contributed by atoms with Gasteiger partial charge in [0, 0.05) is 21.6 Å². The van der Waals surface area contributed by atoms with Crippen molar-refractivity contribution in [1.29, 1.82) is 0 Å². The summed E-state index contributed by atoms with van der Waals surface area (Å²) in [5, 5.41) is 1.26. The van der Waals surface area contributed by atoms with Crippen molar-refractivity contribution in [3.8, 4) is 0 Å². The van der Waals surface area contributed by atoms with Crippen LogP contribution in [0.3, 0.4) is 0 Å². The Hall–Kier alpha value is -0.800. The van der Waals surface area contributed by atoms with Crippen molar-refractivity contribution in [1.82, 2.24) is 4.98 Å². The minimum atomic E-state index is 0.782. The standard InChI is InChI=1S/C12H15BrN2/c13-11-8-15-12-9(4-1-2-7-14)5-3-6-10(11)12/h3,5-6,8,15H,1-2,4,7,14H2. The van der Waals surface area contributed by atoms with Crippen molar-refractivity contribution < 1.29 is 0 Å². The number of H-pyrrole nitrogens is 1. The fraction of sp³-hybridized carbons (Fsp3) is 0.333. The molecule has 0 spiro atoms. The number of nitrogens with two attached hydrogens (primary N) is 1. The van der Waals surface area contributed by atoms with Gasteiger partial charge in [-0.25, -0.2) is 0 Å². The normalized spacial score (nSPS) is 11.1. The van der Waals surface area contributed by atoms with Crippen LogP contribution in [0.4, 0.5) is 0 Å². The molecule has 0 aliphatic carbocycles. The Morgan fingerprint density at radius 2 is 2.13 bits per heavy atom. The van der Waals surface area contributed by atoms with E-state index in [1.807, 2.05) is 6.20 Å². The van der Waals surface area contributed by atoms with Crippen molar-refractivity contribution in [3.63, 3.8) is 0 Å². The highest BCUT2D eigenvalue weighted by atomic mass is 79.9.